The van der Waals surface area contributed by atoms with E-state index in [2.05, 4.69) is 12.1 Å². The average Bonchev–Trinajstić information content (AvgIpc) is 3.34. The van der Waals surface area contributed by atoms with Gasteiger partial charge in [0.15, 0.2) is 18.1 Å². The predicted octanol–water partition coefficient (Wildman–Crippen LogP) is 5.60. The summed E-state index contributed by atoms with van der Waals surface area (Å²) in [4.78, 5) is 11.3. The maximum Gasteiger partial charge on any atom is 0.341 e. The van der Waals surface area contributed by atoms with Crippen LogP contribution in [0.2, 0.25) is 5.02 Å². The van der Waals surface area contributed by atoms with Gasteiger partial charge >= 0.3 is 5.97 Å². The summed E-state index contributed by atoms with van der Waals surface area (Å²) in [5.41, 5.74) is 3.93. The van der Waals surface area contributed by atoms with Crippen LogP contribution in [0.4, 0.5) is 0 Å². The Bertz CT molecular complexity index is 1370. The van der Waals surface area contributed by atoms with Crippen molar-refractivity contribution >= 4 is 17.6 Å². The van der Waals surface area contributed by atoms with Crippen molar-refractivity contribution in [3.8, 4) is 45.5 Å². The number of aryl methyl sites for hydroxylation is 2. The molecule has 1 N–H and O–H groups in total. The third kappa shape index (κ3) is 5.81. The summed E-state index contributed by atoms with van der Waals surface area (Å²) in [6, 6.07) is 21.1. The zero-order valence-electron chi connectivity index (χ0n) is 20.7. The Balaban J connectivity index is 1.88. The Labute approximate surface area is 219 Å². The van der Waals surface area contributed by atoms with Crippen LogP contribution in [-0.4, -0.2) is 48.8 Å². The Kier molecular flexibility index (Phi) is 8.20. The first-order valence-corrected chi connectivity index (χ1v) is 11.9. The molecule has 192 valence electrons. The maximum atomic E-state index is 11.3. The molecule has 1 aromatic heterocycles. The summed E-state index contributed by atoms with van der Waals surface area (Å²) < 4.78 is 24.3. The summed E-state index contributed by atoms with van der Waals surface area (Å²) in [5.74, 6) is 0.124. The second-order valence-corrected chi connectivity index (χ2v) is 8.52. The molecule has 0 spiro atoms. The molecule has 0 saturated carbocycles. The fraction of sp³-hybridized carbons (Fsp3) is 0.214. The van der Waals surface area contributed by atoms with E-state index in [4.69, 9.17) is 35.6 Å². The second-order valence-electron chi connectivity index (χ2n) is 8.08. The summed E-state index contributed by atoms with van der Waals surface area (Å²) in [6.45, 7) is 0.0489. The van der Waals surface area contributed by atoms with Gasteiger partial charge in [-0.1, -0.05) is 54.1 Å². The monoisotopic (exact) mass is 522 g/mol. The highest BCUT2D eigenvalue weighted by Gasteiger charge is 2.26. The molecule has 0 amide bonds. The number of halogens is 1. The van der Waals surface area contributed by atoms with Gasteiger partial charge in [0.05, 0.1) is 32.6 Å². The van der Waals surface area contributed by atoms with E-state index in [1.54, 1.807) is 6.07 Å². The van der Waals surface area contributed by atoms with E-state index in [9.17, 15) is 9.90 Å². The topological polar surface area (TPSA) is 92.0 Å². The smallest absolute Gasteiger partial charge is 0.341 e. The molecule has 0 bridgehead atoms. The van der Waals surface area contributed by atoms with Crippen molar-refractivity contribution in [2.24, 2.45) is 0 Å². The van der Waals surface area contributed by atoms with Crippen molar-refractivity contribution in [2.45, 2.75) is 13.0 Å². The number of carbonyl (C=O) groups is 1. The Morgan fingerprint density at radius 1 is 0.919 bits per heavy atom. The van der Waals surface area contributed by atoms with Gasteiger partial charge in [-0.15, -0.1) is 0 Å². The summed E-state index contributed by atoms with van der Waals surface area (Å²) in [6.07, 6.45) is 0.758. The fourth-order valence-corrected chi connectivity index (χ4v) is 4.20. The maximum absolute atomic E-state index is 11.3. The molecule has 0 unspecified atom stereocenters. The molecule has 0 saturated heterocycles. The lowest BCUT2D eigenvalue weighted by Gasteiger charge is -2.18. The molecule has 1 heterocycles. The van der Waals surface area contributed by atoms with E-state index in [1.165, 1.54) is 26.9 Å². The molecule has 4 aromatic rings. The van der Waals surface area contributed by atoms with Gasteiger partial charge in [-0.25, -0.2) is 4.79 Å². The van der Waals surface area contributed by atoms with Crippen molar-refractivity contribution in [1.82, 2.24) is 9.78 Å². The Morgan fingerprint density at radius 3 is 2.24 bits per heavy atom. The predicted molar refractivity (Wildman–Crippen MR) is 141 cm³/mol. The lowest BCUT2D eigenvalue weighted by molar-refractivity contribution is -0.139. The molecular weight excluding hydrogens is 496 g/mol. The molecule has 37 heavy (non-hydrogen) atoms. The minimum atomic E-state index is -1.12. The van der Waals surface area contributed by atoms with Crippen LogP contribution in [0.15, 0.2) is 66.7 Å². The molecule has 9 heteroatoms. The number of carboxylic acid groups (broad SMARTS) is 1. The van der Waals surface area contributed by atoms with Crippen LogP contribution in [0.3, 0.4) is 0 Å². The minimum absolute atomic E-state index is 0.243. The highest BCUT2D eigenvalue weighted by atomic mass is 35.5. The van der Waals surface area contributed by atoms with E-state index in [0.717, 1.165) is 17.7 Å². The molecular formula is C28H27ClN2O6. The number of hydrogen-bond donors (Lipinski definition) is 1. The van der Waals surface area contributed by atoms with Gasteiger partial charge in [-0.05, 0) is 35.7 Å². The molecule has 0 aliphatic carbocycles. The van der Waals surface area contributed by atoms with E-state index >= 15 is 0 Å². The van der Waals surface area contributed by atoms with Crippen LogP contribution in [0, 0.1) is 0 Å². The molecule has 0 atom stereocenters. The van der Waals surface area contributed by atoms with Gasteiger partial charge in [0.1, 0.15) is 11.4 Å². The van der Waals surface area contributed by atoms with E-state index < -0.39 is 12.6 Å². The normalized spacial score (nSPS) is 10.7. The molecule has 0 fully saturated rings. The third-order valence-electron chi connectivity index (χ3n) is 5.78. The first kappa shape index (κ1) is 25.9. The van der Waals surface area contributed by atoms with Crippen LogP contribution in [0.25, 0.3) is 22.5 Å². The lowest BCUT2D eigenvalue weighted by atomic mass is 10.1. The van der Waals surface area contributed by atoms with Crippen LogP contribution in [0.1, 0.15) is 5.56 Å². The fourth-order valence-electron chi connectivity index (χ4n) is 4.07. The summed E-state index contributed by atoms with van der Waals surface area (Å²) in [5, 5.41) is 14.8. The molecule has 0 aliphatic rings. The number of ether oxygens (including phenoxy) is 4. The van der Waals surface area contributed by atoms with Gasteiger partial charge in [-0.2, -0.15) is 5.10 Å². The summed E-state index contributed by atoms with van der Waals surface area (Å²) >= 11 is 6.13. The van der Waals surface area contributed by atoms with Crippen LogP contribution in [-0.2, 0) is 17.8 Å². The zero-order valence-corrected chi connectivity index (χ0v) is 21.5. The van der Waals surface area contributed by atoms with Crippen LogP contribution >= 0.6 is 11.6 Å². The average molecular weight is 523 g/mol. The number of nitrogens with zero attached hydrogens (tertiary/aromatic N) is 2. The van der Waals surface area contributed by atoms with E-state index in [1.807, 2.05) is 53.2 Å². The zero-order chi connectivity index (χ0) is 26.4. The van der Waals surface area contributed by atoms with Crippen LogP contribution in [0.5, 0.6) is 23.0 Å². The lowest BCUT2D eigenvalue weighted by Crippen LogP contribution is -2.11. The quantitative estimate of drug-likeness (QED) is 0.274. The third-order valence-corrected chi connectivity index (χ3v) is 6.03. The molecule has 4 rings (SSSR count). The van der Waals surface area contributed by atoms with E-state index in [0.29, 0.717) is 40.1 Å². The second kappa shape index (κ2) is 11.7. The first-order valence-electron chi connectivity index (χ1n) is 11.5. The van der Waals surface area contributed by atoms with E-state index in [-0.39, 0.29) is 5.75 Å². The minimum Gasteiger partial charge on any atom is -0.493 e. The Hall–Kier alpha value is -4.17. The van der Waals surface area contributed by atoms with Gasteiger partial charge in [0.25, 0.3) is 0 Å². The van der Waals surface area contributed by atoms with Crippen molar-refractivity contribution in [1.29, 1.82) is 0 Å². The number of carboxylic acids is 1. The van der Waals surface area contributed by atoms with Gasteiger partial charge in [-0.3, -0.25) is 4.68 Å². The molecule has 0 radical (unpaired) electrons. The number of aliphatic carboxylic acids is 1. The Morgan fingerprint density at radius 2 is 1.62 bits per heavy atom. The van der Waals surface area contributed by atoms with Crippen molar-refractivity contribution in [3.05, 3.63) is 77.3 Å². The molecule has 8 nitrogen and oxygen atoms in total. The van der Waals surface area contributed by atoms with Crippen molar-refractivity contribution in [3.63, 3.8) is 0 Å². The number of aromatic nitrogens is 2. The standard InChI is InChI=1S/C28H27ClN2O6/c1-34-24-16-23(37-17-25(32)33)26(28(36-3)27(24)35-2)21-15-22(19-9-11-20(29)12-10-19)31(30-21)14-13-18-7-5-4-6-8-18/h4-12,15-16H,13-14,17H2,1-3H3,(H,32,33). The number of rotatable bonds is 11. The largest absolute Gasteiger partial charge is 0.493 e. The summed E-state index contributed by atoms with van der Waals surface area (Å²) in [7, 11) is 4.47. The van der Waals surface area contributed by atoms with Crippen LogP contribution < -0.4 is 18.9 Å². The van der Waals surface area contributed by atoms with Crippen molar-refractivity contribution < 1.29 is 28.8 Å². The number of methoxy groups -OCH3 is 3. The van der Waals surface area contributed by atoms with Crippen molar-refractivity contribution in [2.75, 3.05) is 27.9 Å². The van der Waals surface area contributed by atoms with Gasteiger partial charge in [0.2, 0.25) is 5.75 Å². The SMILES string of the molecule is COc1cc(OCC(=O)O)c(-c2cc(-c3ccc(Cl)cc3)n(CCc3ccccc3)n2)c(OC)c1OC. The number of benzene rings is 3. The van der Waals surface area contributed by atoms with Gasteiger partial charge in [0, 0.05) is 17.6 Å². The molecule has 3 aromatic carbocycles. The first-order chi connectivity index (χ1) is 17.9. The highest BCUT2D eigenvalue weighted by molar-refractivity contribution is 6.30. The highest BCUT2D eigenvalue weighted by Crippen LogP contribution is 2.50. The van der Waals surface area contributed by atoms with Gasteiger partial charge < -0.3 is 24.1 Å². The number of hydrogen-bond acceptors (Lipinski definition) is 6. The molecule has 0 aliphatic heterocycles.